The second kappa shape index (κ2) is 7.12. The van der Waals surface area contributed by atoms with Gasteiger partial charge in [0.25, 0.3) is 0 Å². The minimum Gasteiger partial charge on any atom is -0.392 e. The van der Waals surface area contributed by atoms with Crippen LogP contribution in [0.4, 0.5) is 0 Å². The van der Waals surface area contributed by atoms with Crippen molar-refractivity contribution in [2.24, 2.45) is 40.4 Å². The van der Waals surface area contributed by atoms with Crippen LogP contribution in [0.3, 0.4) is 0 Å². The number of fused-ring (bicyclic) bond motifs is 2. The molecule has 5 saturated carbocycles. The van der Waals surface area contributed by atoms with Crippen molar-refractivity contribution in [1.29, 1.82) is 0 Å². The first-order valence-corrected chi connectivity index (χ1v) is 12.6. The summed E-state index contributed by atoms with van der Waals surface area (Å²) in [5.41, 5.74) is -1.18. The summed E-state index contributed by atoms with van der Waals surface area (Å²) in [5, 5.41) is 24.1. The van der Waals surface area contributed by atoms with Crippen LogP contribution in [0.25, 0.3) is 0 Å². The van der Waals surface area contributed by atoms with Gasteiger partial charge in [0.05, 0.1) is 36.6 Å². The summed E-state index contributed by atoms with van der Waals surface area (Å²) in [4.78, 5) is 2.62. The van der Waals surface area contributed by atoms with Gasteiger partial charge in [-0.25, -0.2) is 0 Å². The van der Waals surface area contributed by atoms with Gasteiger partial charge in [-0.3, -0.25) is 4.90 Å². The highest BCUT2D eigenvalue weighted by atomic mass is 16.5. The molecule has 7 nitrogen and oxygen atoms in total. The third-order valence-corrected chi connectivity index (χ3v) is 11.4. The van der Waals surface area contributed by atoms with E-state index in [0.29, 0.717) is 13.0 Å². The van der Waals surface area contributed by atoms with Gasteiger partial charge in [0.15, 0.2) is 0 Å². The number of nitrogens with zero attached hydrogens (tertiary/aromatic N) is 1. The Labute approximate surface area is 191 Å². The quantitative estimate of drug-likeness (QED) is 0.627. The summed E-state index contributed by atoms with van der Waals surface area (Å²) in [6.45, 7) is 4.86. The molecule has 1 spiro atoms. The highest BCUT2D eigenvalue weighted by Gasteiger charge is 2.86. The van der Waals surface area contributed by atoms with Crippen LogP contribution in [0.2, 0.25) is 0 Å². The standard InChI is InChI=1S/C25H41NO6/c1-6-26-11-23(12-29-2)8-7-16(31-4)25-14-9-13-15(30-3)10-24(28,17(14)19(13)27)18(22(25)26)20(32-5)21(23)25/h13-22,27-28H,6-12H2,1-5H3/t13-,14-,15-,16+,17-,18+,19+,20+,21-,22-,23+,24-,25+/m1/s1. The zero-order chi connectivity index (χ0) is 22.6. The van der Waals surface area contributed by atoms with Crippen LogP contribution in [-0.4, -0.2) is 99.3 Å². The third kappa shape index (κ3) is 2.19. The van der Waals surface area contributed by atoms with Gasteiger partial charge >= 0.3 is 0 Å². The molecule has 0 aromatic carbocycles. The van der Waals surface area contributed by atoms with Crippen molar-refractivity contribution >= 4 is 0 Å². The fraction of sp³-hybridized carbons (Fsp3) is 1.00. The van der Waals surface area contributed by atoms with Gasteiger partial charge in [0.1, 0.15) is 0 Å². The normalized spacial score (nSPS) is 60.1. The number of aliphatic hydroxyl groups is 2. The predicted molar refractivity (Wildman–Crippen MR) is 117 cm³/mol. The van der Waals surface area contributed by atoms with Crippen molar-refractivity contribution < 1.29 is 29.2 Å². The molecule has 1 saturated heterocycles. The molecule has 5 aliphatic carbocycles. The molecule has 32 heavy (non-hydrogen) atoms. The van der Waals surface area contributed by atoms with Crippen LogP contribution in [0.5, 0.6) is 0 Å². The Kier molecular flexibility index (Phi) is 4.94. The highest BCUT2D eigenvalue weighted by molar-refractivity contribution is 5.35. The van der Waals surface area contributed by atoms with Crippen LogP contribution in [0.15, 0.2) is 0 Å². The largest absolute Gasteiger partial charge is 0.392 e. The molecule has 0 amide bonds. The second-order valence-corrected chi connectivity index (χ2v) is 11.8. The van der Waals surface area contributed by atoms with E-state index in [4.69, 9.17) is 18.9 Å². The number of hydrogen-bond acceptors (Lipinski definition) is 7. The first-order valence-electron chi connectivity index (χ1n) is 12.6. The lowest BCUT2D eigenvalue weighted by atomic mass is 9.43. The topological polar surface area (TPSA) is 80.6 Å². The smallest absolute Gasteiger partial charge is 0.0796 e. The van der Waals surface area contributed by atoms with Gasteiger partial charge in [-0.2, -0.15) is 0 Å². The van der Waals surface area contributed by atoms with E-state index in [1.807, 2.05) is 21.3 Å². The molecule has 13 atom stereocenters. The van der Waals surface area contributed by atoms with Crippen LogP contribution in [0, 0.1) is 40.4 Å². The van der Waals surface area contributed by atoms with Crippen molar-refractivity contribution in [1.82, 2.24) is 4.90 Å². The molecule has 0 radical (unpaired) electrons. The van der Waals surface area contributed by atoms with Gasteiger partial charge in [0, 0.05) is 81.9 Å². The first kappa shape index (κ1) is 22.2. The Morgan fingerprint density at radius 3 is 2.47 bits per heavy atom. The SMILES string of the molecule is CCN1C[C@]2(COC)CC[C@H](OC)[C@@]34[C@@H]5C[C@H]6[C@H](O)[C@@H]5[C@](O)(C[C@H]6OC)[C@@H]([C@H](OC)[C@H]23)[C@@H]14. The molecule has 6 fully saturated rings. The van der Waals surface area contributed by atoms with Crippen LogP contribution in [-0.2, 0) is 18.9 Å². The van der Waals surface area contributed by atoms with E-state index < -0.39 is 11.7 Å². The number of hydrogen-bond donors (Lipinski definition) is 2. The first-order chi connectivity index (χ1) is 15.4. The number of piperidine rings is 1. The molecular formula is C25H41NO6. The number of methoxy groups -OCH3 is 4. The maximum atomic E-state index is 12.6. The van der Waals surface area contributed by atoms with Crippen molar-refractivity contribution in [2.45, 2.75) is 68.7 Å². The maximum Gasteiger partial charge on any atom is 0.0796 e. The van der Waals surface area contributed by atoms with Crippen molar-refractivity contribution in [3.63, 3.8) is 0 Å². The zero-order valence-corrected chi connectivity index (χ0v) is 20.2. The Morgan fingerprint density at radius 1 is 1.06 bits per heavy atom. The molecular weight excluding hydrogens is 410 g/mol. The van der Waals surface area contributed by atoms with Gasteiger partial charge in [0.2, 0.25) is 0 Å². The van der Waals surface area contributed by atoms with E-state index in [1.165, 1.54) is 0 Å². The summed E-state index contributed by atoms with van der Waals surface area (Å²) >= 11 is 0. The fourth-order valence-electron chi connectivity index (χ4n) is 11.0. The molecule has 7 heteroatoms. The third-order valence-electron chi connectivity index (χ3n) is 11.4. The molecule has 0 aromatic heterocycles. The van der Waals surface area contributed by atoms with Crippen molar-refractivity contribution in [2.75, 3.05) is 48.1 Å². The number of ether oxygens (including phenoxy) is 4. The molecule has 182 valence electrons. The lowest BCUT2D eigenvalue weighted by molar-refractivity contribution is -0.276. The Bertz CT molecular complexity index is 767. The molecule has 1 heterocycles. The summed E-state index contributed by atoms with van der Waals surface area (Å²) in [6.07, 6.45) is 2.89. The van der Waals surface area contributed by atoms with E-state index >= 15 is 0 Å². The molecule has 7 bridgehead atoms. The van der Waals surface area contributed by atoms with E-state index in [0.717, 1.165) is 32.4 Å². The van der Waals surface area contributed by atoms with Crippen molar-refractivity contribution in [3.05, 3.63) is 0 Å². The van der Waals surface area contributed by atoms with Crippen LogP contribution in [0.1, 0.15) is 32.6 Å². The Morgan fingerprint density at radius 2 is 1.84 bits per heavy atom. The zero-order valence-electron chi connectivity index (χ0n) is 20.2. The summed E-state index contributed by atoms with van der Waals surface area (Å²) in [7, 11) is 7.23. The second-order valence-electron chi connectivity index (χ2n) is 11.8. The molecule has 0 aromatic rings. The molecule has 6 rings (SSSR count). The van der Waals surface area contributed by atoms with Gasteiger partial charge < -0.3 is 29.2 Å². The lowest BCUT2D eigenvalue weighted by Crippen LogP contribution is -2.76. The monoisotopic (exact) mass is 451 g/mol. The van der Waals surface area contributed by atoms with E-state index in [9.17, 15) is 10.2 Å². The molecule has 1 aliphatic heterocycles. The minimum atomic E-state index is -0.999. The van der Waals surface area contributed by atoms with E-state index in [2.05, 4.69) is 11.8 Å². The Balaban J connectivity index is 1.63. The average Bonchev–Trinajstić information content (AvgIpc) is 3.19. The molecule has 6 aliphatic rings. The number of likely N-dealkylation sites (tertiary alicyclic amines) is 1. The lowest BCUT2D eigenvalue weighted by Gasteiger charge is -2.69. The predicted octanol–water partition coefficient (Wildman–Crippen LogP) is 1.16. The highest BCUT2D eigenvalue weighted by Crippen LogP contribution is 2.79. The van der Waals surface area contributed by atoms with Gasteiger partial charge in [-0.1, -0.05) is 6.92 Å². The number of aliphatic hydroxyl groups excluding tert-OH is 1. The Hall–Kier alpha value is -0.280. The minimum absolute atomic E-state index is 0.0234. The summed E-state index contributed by atoms with van der Waals surface area (Å²) < 4.78 is 24.5. The van der Waals surface area contributed by atoms with Crippen LogP contribution < -0.4 is 0 Å². The maximum absolute atomic E-state index is 12.6. The van der Waals surface area contributed by atoms with Gasteiger partial charge in [-0.15, -0.1) is 0 Å². The summed E-state index contributed by atoms with van der Waals surface area (Å²) in [6, 6.07) is 0.186. The van der Waals surface area contributed by atoms with Crippen LogP contribution >= 0.6 is 0 Å². The fourth-order valence-corrected chi connectivity index (χ4v) is 11.0. The van der Waals surface area contributed by atoms with Crippen molar-refractivity contribution in [3.8, 4) is 0 Å². The molecule has 2 N–H and O–H groups in total. The van der Waals surface area contributed by atoms with E-state index in [1.54, 1.807) is 7.11 Å². The van der Waals surface area contributed by atoms with Gasteiger partial charge in [-0.05, 0) is 31.7 Å². The molecule has 0 unspecified atom stereocenters. The average molecular weight is 452 g/mol. The number of rotatable bonds is 6. The van der Waals surface area contributed by atoms with E-state index in [-0.39, 0.29) is 64.8 Å². The summed E-state index contributed by atoms with van der Waals surface area (Å²) in [5.74, 6) is 0.310.